The lowest BCUT2D eigenvalue weighted by Gasteiger charge is -2.03. The van der Waals surface area contributed by atoms with Crippen molar-refractivity contribution in [3.05, 3.63) is 30.3 Å². The molecule has 1 aromatic rings. The molecular formula is C6H5O5-. The monoisotopic (exact) mass is 157 g/mol. The Balaban J connectivity index is 2.28. The van der Waals surface area contributed by atoms with Crippen molar-refractivity contribution < 1.29 is 25.3 Å². The van der Waals surface area contributed by atoms with Crippen LogP contribution < -0.4 is 10.1 Å². The van der Waals surface area contributed by atoms with E-state index in [0.717, 1.165) is 0 Å². The van der Waals surface area contributed by atoms with Crippen LogP contribution in [0.2, 0.25) is 0 Å². The average Bonchev–Trinajstić information content (AvgIpc) is 2.07. The highest BCUT2D eigenvalue weighted by atomic mass is 17.8. The summed E-state index contributed by atoms with van der Waals surface area (Å²) < 4.78 is 0. The molecule has 1 aromatic carbocycles. The van der Waals surface area contributed by atoms with E-state index < -0.39 is 0 Å². The van der Waals surface area contributed by atoms with Gasteiger partial charge in [0.2, 0.25) is 0 Å². The van der Waals surface area contributed by atoms with Crippen molar-refractivity contribution in [2.24, 2.45) is 0 Å². The summed E-state index contributed by atoms with van der Waals surface area (Å²) in [6.45, 7) is 0. The second-order valence-electron chi connectivity index (χ2n) is 1.60. The molecule has 60 valence electrons. The van der Waals surface area contributed by atoms with Crippen molar-refractivity contribution in [1.82, 2.24) is 0 Å². The van der Waals surface area contributed by atoms with Crippen molar-refractivity contribution in [2.45, 2.75) is 0 Å². The Kier molecular flexibility index (Phi) is 3.36. The molecule has 0 radical (unpaired) electrons. The molecule has 0 N–H and O–H groups in total. The van der Waals surface area contributed by atoms with Gasteiger partial charge >= 0.3 is 0 Å². The number of rotatable bonds is 4. The number of benzene rings is 1. The smallest absolute Gasteiger partial charge is 0.168 e. The van der Waals surface area contributed by atoms with Crippen molar-refractivity contribution >= 4 is 0 Å². The largest absolute Gasteiger partial charge is 0.689 e. The third-order valence-corrected chi connectivity index (χ3v) is 0.929. The Hall–Kier alpha value is -1.14. The first-order valence-electron chi connectivity index (χ1n) is 2.78. The molecular weight excluding hydrogens is 152 g/mol. The summed E-state index contributed by atoms with van der Waals surface area (Å²) in [6.07, 6.45) is 0. The van der Waals surface area contributed by atoms with E-state index in [2.05, 4.69) is 20.0 Å². The zero-order valence-corrected chi connectivity index (χ0v) is 5.43. The van der Waals surface area contributed by atoms with Gasteiger partial charge in [-0.05, 0) is 17.2 Å². The normalized spacial score (nSPS) is 9.55. The molecule has 0 amide bonds. The minimum Gasteiger partial charge on any atom is -0.689 e. The molecule has 0 saturated carbocycles. The molecule has 1 rings (SSSR count). The Morgan fingerprint density at radius 3 is 2.36 bits per heavy atom. The van der Waals surface area contributed by atoms with E-state index in [1.54, 1.807) is 30.3 Å². The van der Waals surface area contributed by atoms with Crippen LogP contribution in [0, 0.1) is 0 Å². The summed E-state index contributed by atoms with van der Waals surface area (Å²) in [5.74, 6) is 0.407. The van der Waals surface area contributed by atoms with Crippen molar-refractivity contribution in [3.8, 4) is 5.75 Å². The van der Waals surface area contributed by atoms with Gasteiger partial charge in [-0.15, -0.1) is 0 Å². The lowest BCUT2D eigenvalue weighted by atomic mass is 10.3. The number of hydrogen-bond acceptors (Lipinski definition) is 5. The lowest BCUT2D eigenvalue weighted by Crippen LogP contribution is -2.08. The fourth-order valence-corrected chi connectivity index (χ4v) is 0.541. The van der Waals surface area contributed by atoms with Gasteiger partial charge < -0.3 is 10.1 Å². The van der Waals surface area contributed by atoms with Crippen LogP contribution in [0.4, 0.5) is 0 Å². The summed E-state index contributed by atoms with van der Waals surface area (Å²) in [7, 11) is 0. The van der Waals surface area contributed by atoms with Gasteiger partial charge in [0.25, 0.3) is 0 Å². The standard InChI is InChI=1S/C6H6O5/c7-9-11-10-8-6-4-2-1-3-5-6/h1-5,7H/p-1. The third-order valence-electron chi connectivity index (χ3n) is 0.929. The first-order chi connectivity index (χ1) is 5.43. The van der Waals surface area contributed by atoms with E-state index in [0.29, 0.717) is 5.75 Å². The summed E-state index contributed by atoms with van der Waals surface area (Å²) in [4.78, 5) is 4.40. The van der Waals surface area contributed by atoms with E-state index >= 15 is 0 Å². The molecule has 0 unspecified atom stereocenters. The minimum absolute atomic E-state index is 0.407. The van der Waals surface area contributed by atoms with Gasteiger partial charge in [0.15, 0.2) is 5.75 Å². The van der Waals surface area contributed by atoms with Crippen LogP contribution in [0.15, 0.2) is 30.3 Å². The molecule has 0 saturated heterocycles. The van der Waals surface area contributed by atoms with Gasteiger partial charge in [0, 0.05) is 5.04 Å². The van der Waals surface area contributed by atoms with Crippen molar-refractivity contribution in [2.75, 3.05) is 0 Å². The quantitative estimate of drug-likeness (QED) is 0.353. The molecule has 0 heterocycles. The predicted octanol–water partition coefficient (Wildman–Crippen LogP) is 0.135. The van der Waals surface area contributed by atoms with Crippen LogP contribution in [0.5, 0.6) is 5.75 Å². The molecule has 0 aliphatic heterocycles. The topological polar surface area (TPSA) is 60.0 Å². The number of hydrogen-bond donors (Lipinski definition) is 0. The minimum atomic E-state index is 0.407. The van der Waals surface area contributed by atoms with Crippen LogP contribution >= 0.6 is 0 Å². The second-order valence-corrected chi connectivity index (χ2v) is 1.60. The SMILES string of the molecule is [O-]OOOOc1ccccc1. The Bertz CT molecular complexity index is 187. The molecule has 0 aliphatic rings. The van der Waals surface area contributed by atoms with Gasteiger partial charge in [-0.1, -0.05) is 18.2 Å². The van der Waals surface area contributed by atoms with E-state index in [1.165, 1.54) is 0 Å². The molecule has 0 aromatic heterocycles. The molecule has 0 fully saturated rings. The van der Waals surface area contributed by atoms with Gasteiger partial charge in [-0.3, -0.25) is 5.04 Å². The zero-order valence-electron chi connectivity index (χ0n) is 5.43. The number of para-hydroxylation sites is 1. The molecule has 0 aliphatic carbocycles. The fraction of sp³-hybridized carbons (Fsp3) is 0. The highest BCUT2D eigenvalue weighted by molar-refractivity contribution is 5.19. The van der Waals surface area contributed by atoms with Crippen LogP contribution in [-0.4, -0.2) is 0 Å². The van der Waals surface area contributed by atoms with Crippen LogP contribution in [0.25, 0.3) is 0 Å². The first-order valence-corrected chi connectivity index (χ1v) is 2.78. The Morgan fingerprint density at radius 2 is 1.73 bits per heavy atom. The molecule has 5 heteroatoms. The second kappa shape index (κ2) is 4.64. The maximum atomic E-state index is 9.19. The van der Waals surface area contributed by atoms with E-state index in [1.807, 2.05) is 0 Å². The Labute approximate surface area is 62.4 Å². The first kappa shape index (κ1) is 7.96. The van der Waals surface area contributed by atoms with Gasteiger partial charge in [0.1, 0.15) is 0 Å². The van der Waals surface area contributed by atoms with Gasteiger partial charge in [0.05, 0.1) is 0 Å². The summed E-state index contributed by atoms with van der Waals surface area (Å²) in [5.41, 5.74) is 0. The predicted molar refractivity (Wildman–Crippen MR) is 30.3 cm³/mol. The van der Waals surface area contributed by atoms with E-state index in [9.17, 15) is 5.26 Å². The Morgan fingerprint density at radius 1 is 1.00 bits per heavy atom. The molecule has 0 spiro atoms. The van der Waals surface area contributed by atoms with E-state index in [4.69, 9.17) is 0 Å². The highest BCUT2D eigenvalue weighted by Gasteiger charge is 1.90. The average molecular weight is 157 g/mol. The van der Waals surface area contributed by atoms with Gasteiger partial charge in [-0.2, -0.15) is 0 Å². The summed E-state index contributed by atoms with van der Waals surface area (Å²) in [5, 5.41) is 19.4. The molecule has 0 atom stereocenters. The molecule has 5 nitrogen and oxygen atoms in total. The van der Waals surface area contributed by atoms with Crippen LogP contribution in [0.1, 0.15) is 0 Å². The van der Waals surface area contributed by atoms with E-state index in [-0.39, 0.29) is 0 Å². The third kappa shape index (κ3) is 2.96. The summed E-state index contributed by atoms with van der Waals surface area (Å²) in [6, 6.07) is 8.51. The van der Waals surface area contributed by atoms with Crippen molar-refractivity contribution in [3.63, 3.8) is 0 Å². The maximum absolute atomic E-state index is 9.19. The molecule has 11 heavy (non-hydrogen) atoms. The van der Waals surface area contributed by atoms with Crippen molar-refractivity contribution in [1.29, 1.82) is 0 Å². The lowest BCUT2D eigenvalue weighted by molar-refractivity contribution is -0.869. The van der Waals surface area contributed by atoms with Gasteiger partial charge in [-0.25, -0.2) is 0 Å². The summed E-state index contributed by atoms with van der Waals surface area (Å²) >= 11 is 0. The molecule has 0 bridgehead atoms. The zero-order chi connectivity index (χ0) is 7.94. The van der Waals surface area contributed by atoms with Crippen LogP contribution in [-0.2, 0) is 15.1 Å². The fourth-order valence-electron chi connectivity index (χ4n) is 0.541. The maximum Gasteiger partial charge on any atom is 0.168 e. The van der Waals surface area contributed by atoms with Crippen LogP contribution in [0.3, 0.4) is 0 Å². The highest BCUT2D eigenvalue weighted by Crippen LogP contribution is 2.07.